The first-order chi connectivity index (χ1) is 15.5. The molecule has 1 heterocycles. The number of halogens is 6. The van der Waals surface area contributed by atoms with Gasteiger partial charge < -0.3 is 9.26 Å². The first-order valence-corrected chi connectivity index (χ1v) is 10.0. The number of carbonyl (C=O) groups excluding carboxylic acids is 1. The number of nitrogens with zero attached hydrogens (tertiary/aromatic N) is 3. The SMILES string of the molecule is C=NN(/C(=C/c1onc(/C(=C\F)C(C)Cl)c1C(=O)OC)C(F)(F)C(F)F)c1cccc(P)c1. The molecule has 0 N–H and O–H groups in total. The lowest BCUT2D eigenvalue weighted by molar-refractivity contribution is -0.1000. The summed E-state index contributed by atoms with van der Waals surface area (Å²) in [5, 5.41) is 6.94. The van der Waals surface area contributed by atoms with Crippen LogP contribution in [0.3, 0.4) is 0 Å². The number of anilines is 1. The maximum atomic E-state index is 14.7. The summed E-state index contributed by atoms with van der Waals surface area (Å²) < 4.78 is 79.1. The molecule has 2 rings (SSSR count). The Bertz CT molecular complexity index is 1090. The molecule has 178 valence electrons. The van der Waals surface area contributed by atoms with Crippen molar-refractivity contribution in [1.82, 2.24) is 5.16 Å². The fourth-order valence-electron chi connectivity index (χ4n) is 2.71. The first kappa shape index (κ1) is 26.5. The summed E-state index contributed by atoms with van der Waals surface area (Å²) in [6, 6.07) is 5.77. The van der Waals surface area contributed by atoms with Crippen LogP contribution < -0.4 is 10.3 Å². The highest BCUT2D eigenvalue weighted by Gasteiger charge is 2.48. The lowest BCUT2D eigenvalue weighted by atomic mass is 10.0. The average Bonchev–Trinajstić information content (AvgIpc) is 3.16. The quantitative estimate of drug-likeness (QED) is 0.115. The number of carbonyl (C=O) groups is 1. The summed E-state index contributed by atoms with van der Waals surface area (Å²) in [5.74, 6) is -6.64. The van der Waals surface area contributed by atoms with Gasteiger partial charge >= 0.3 is 18.3 Å². The Hall–Kier alpha value is -2.78. The van der Waals surface area contributed by atoms with Crippen molar-refractivity contribution in [3.8, 4) is 0 Å². The summed E-state index contributed by atoms with van der Waals surface area (Å²) >= 11 is 5.89. The molecule has 0 radical (unpaired) electrons. The van der Waals surface area contributed by atoms with Crippen molar-refractivity contribution in [2.75, 3.05) is 12.1 Å². The highest BCUT2D eigenvalue weighted by Crippen LogP contribution is 2.38. The molecule has 0 amide bonds. The Morgan fingerprint density at radius 3 is 2.58 bits per heavy atom. The van der Waals surface area contributed by atoms with Gasteiger partial charge in [0.25, 0.3) is 0 Å². The van der Waals surface area contributed by atoms with Gasteiger partial charge in [0.15, 0.2) is 5.76 Å². The van der Waals surface area contributed by atoms with Gasteiger partial charge in [-0.3, -0.25) is 0 Å². The van der Waals surface area contributed by atoms with Crippen molar-refractivity contribution >= 4 is 56.2 Å². The molecule has 6 nitrogen and oxygen atoms in total. The molecular weight excluding hydrogens is 492 g/mol. The van der Waals surface area contributed by atoms with Crippen molar-refractivity contribution in [2.24, 2.45) is 5.10 Å². The third-order valence-corrected chi connectivity index (χ3v) is 4.89. The smallest absolute Gasteiger partial charge is 0.349 e. The van der Waals surface area contributed by atoms with Crippen molar-refractivity contribution in [2.45, 2.75) is 24.6 Å². The van der Waals surface area contributed by atoms with Crippen LogP contribution >= 0.6 is 20.8 Å². The number of aromatic nitrogens is 1. The Kier molecular flexibility index (Phi) is 8.74. The molecule has 0 saturated carbocycles. The van der Waals surface area contributed by atoms with Crippen molar-refractivity contribution in [1.29, 1.82) is 0 Å². The number of hydrogen-bond acceptors (Lipinski definition) is 6. The zero-order valence-electron chi connectivity index (χ0n) is 17.2. The number of benzene rings is 1. The molecule has 1 aromatic carbocycles. The number of hydrazone groups is 1. The number of alkyl halides is 5. The van der Waals surface area contributed by atoms with Crippen LogP contribution in [0.2, 0.25) is 0 Å². The molecule has 2 atom stereocenters. The lowest BCUT2D eigenvalue weighted by Crippen LogP contribution is -2.37. The molecule has 0 aliphatic rings. The number of esters is 1. The third kappa shape index (κ3) is 5.59. The molecular formula is C20H18ClF5N3O3P. The number of methoxy groups -OCH3 is 1. The van der Waals surface area contributed by atoms with E-state index in [9.17, 15) is 26.7 Å². The number of ether oxygens (including phenoxy) is 1. The van der Waals surface area contributed by atoms with E-state index in [0.717, 1.165) is 7.11 Å². The molecule has 0 aliphatic heterocycles. The van der Waals surface area contributed by atoms with Gasteiger partial charge in [-0.05, 0) is 24.4 Å². The van der Waals surface area contributed by atoms with Crippen LogP contribution in [0.1, 0.15) is 28.7 Å². The van der Waals surface area contributed by atoms with E-state index in [-0.39, 0.29) is 17.6 Å². The van der Waals surface area contributed by atoms with E-state index < -0.39 is 46.4 Å². The minimum absolute atomic E-state index is 0.0397. The molecule has 33 heavy (non-hydrogen) atoms. The van der Waals surface area contributed by atoms with E-state index >= 15 is 0 Å². The highest BCUT2D eigenvalue weighted by molar-refractivity contribution is 7.27. The summed E-state index contributed by atoms with van der Waals surface area (Å²) in [6.07, 6.45) is -3.68. The minimum atomic E-state index is -4.78. The van der Waals surface area contributed by atoms with Crippen LogP contribution in [0.5, 0.6) is 0 Å². The van der Waals surface area contributed by atoms with Gasteiger partial charge in [-0.15, -0.1) is 20.8 Å². The van der Waals surface area contributed by atoms with Gasteiger partial charge in [0.05, 0.1) is 24.5 Å². The van der Waals surface area contributed by atoms with E-state index in [4.69, 9.17) is 16.1 Å². The van der Waals surface area contributed by atoms with Crippen LogP contribution in [0.25, 0.3) is 11.6 Å². The van der Waals surface area contributed by atoms with Crippen LogP contribution in [0, 0.1) is 0 Å². The zero-order valence-corrected chi connectivity index (χ0v) is 19.1. The maximum Gasteiger partial charge on any atom is 0.349 e. The molecule has 2 unspecified atom stereocenters. The van der Waals surface area contributed by atoms with Gasteiger partial charge in [0.1, 0.15) is 17.0 Å². The van der Waals surface area contributed by atoms with E-state index in [2.05, 4.69) is 31.0 Å². The Labute approximate surface area is 192 Å². The molecule has 0 fully saturated rings. The monoisotopic (exact) mass is 509 g/mol. The van der Waals surface area contributed by atoms with Gasteiger partial charge in [0.2, 0.25) is 0 Å². The number of rotatable bonds is 9. The van der Waals surface area contributed by atoms with E-state index in [1.165, 1.54) is 25.1 Å². The van der Waals surface area contributed by atoms with Gasteiger partial charge in [0, 0.05) is 18.4 Å². The van der Waals surface area contributed by atoms with E-state index in [1.54, 1.807) is 6.07 Å². The van der Waals surface area contributed by atoms with Crippen LogP contribution in [0.15, 0.2) is 45.9 Å². The molecule has 0 saturated heterocycles. The Balaban J connectivity index is 2.84. The third-order valence-electron chi connectivity index (χ3n) is 4.30. The number of hydrogen-bond donors (Lipinski definition) is 0. The van der Waals surface area contributed by atoms with Crippen molar-refractivity contribution in [3.63, 3.8) is 0 Å². The van der Waals surface area contributed by atoms with Crippen molar-refractivity contribution in [3.05, 3.63) is 53.3 Å². The second kappa shape index (κ2) is 10.9. The summed E-state index contributed by atoms with van der Waals surface area (Å²) in [6.45, 7) is 4.54. The molecule has 2 aromatic rings. The normalized spacial score (nSPS) is 13.8. The molecule has 0 bridgehead atoms. The highest BCUT2D eigenvalue weighted by atomic mass is 35.5. The topological polar surface area (TPSA) is 67.9 Å². The van der Waals surface area contributed by atoms with E-state index in [0.29, 0.717) is 16.4 Å². The average molecular weight is 510 g/mol. The predicted octanol–water partition coefficient (Wildman–Crippen LogP) is 5.26. The minimum Gasteiger partial charge on any atom is -0.465 e. The first-order valence-electron chi connectivity index (χ1n) is 9.02. The molecule has 13 heteroatoms. The second-order valence-electron chi connectivity index (χ2n) is 6.44. The largest absolute Gasteiger partial charge is 0.465 e. The zero-order chi connectivity index (χ0) is 24.9. The second-order valence-corrected chi connectivity index (χ2v) is 7.77. The fraction of sp³-hybridized carbons (Fsp3) is 0.250. The number of allylic oxidation sites excluding steroid dienone is 2. The standard InChI is InChI=1S/C20H18ClF5N3O3P/c1-10(21)13(9-22)17-16(18(30)31-3)14(32-28-17)8-15(20(25,26)19(23)24)29(27-2)11-5-4-6-12(33)7-11/h4-10,19H,2,33H2,1,3H3/b13-9-,15-8+. The van der Waals surface area contributed by atoms with Crippen LogP contribution in [0.4, 0.5) is 27.6 Å². The maximum absolute atomic E-state index is 14.7. The van der Waals surface area contributed by atoms with Gasteiger partial charge in [-0.1, -0.05) is 17.3 Å². The van der Waals surface area contributed by atoms with Gasteiger partial charge in [-0.25, -0.2) is 23.0 Å². The van der Waals surface area contributed by atoms with Crippen molar-refractivity contribution < 1.29 is 36.0 Å². The van der Waals surface area contributed by atoms with Crippen LogP contribution in [-0.2, 0) is 4.74 Å². The summed E-state index contributed by atoms with van der Waals surface area (Å²) in [5.41, 5.74) is -2.79. The molecule has 0 aliphatic carbocycles. The predicted molar refractivity (Wildman–Crippen MR) is 119 cm³/mol. The molecule has 0 spiro atoms. The Morgan fingerprint density at radius 1 is 1.42 bits per heavy atom. The summed E-state index contributed by atoms with van der Waals surface area (Å²) in [7, 11) is 3.28. The molecule has 1 aromatic heterocycles. The fourth-order valence-corrected chi connectivity index (χ4v) is 3.15. The van der Waals surface area contributed by atoms with Gasteiger partial charge in [-0.2, -0.15) is 13.9 Å². The Morgan fingerprint density at radius 2 is 2.09 bits per heavy atom. The van der Waals surface area contributed by atoms with E-state index in [1.807, 2.05) is 0 Å². The summed E-state index contributed by atoms with van der Waals surface area (Å²) in [4.78, 5) is 12.3. The van der Waals surface area contributed by atoms with Crippen LogP contribution in [-0.4, -0.2) is 42.7 Å². The lowest BCUT2D eigenvalue weighted by Gasteiger charge is -2.27.